The molecule has 0 amide bonds. The molecule has 0 aliphatic carbocycles. The van der Waals surface area contributed by atoms with E-state index in [9.17, 15) is 0 Å². The molecule has 0 saturated carbocycles. The summed E-state index contributed by atoms with van der Waals surface area (Å²) in [6, 6.07) is 0. The third kappa shape index (κ3) is 4.87. The fourth-order valence-corrected chi connectivity index (χ4v) is 1.20. The first kappa shape index (κ1) is 10.5. The molecule has 0 spiro atoms. The van der Waals surface area contributed by atoms with E-state index in [4.69, 9.17) is 4.74 Å². The Balaban J connectivity index is 0.000000640. The number of ether oxygens (including phenoxy) is 1. The van der Waals surface area contributed by atoms with E-state index in [0.717, 1.165) is 26.2 Å². The van der Waals surface area contributed by atoms with Gasteiger partial charge in [0.15, 0.2) is 0 Å². The van der Waals surface area contributed by atoms with E-state index in [1.807, 2.05) is 0 Å². The molecule has 1 fully saturated rings. The monoisotopic (exact) mass is 520 g/mol. The summed E-state index contributed by atoms with van der Waals surface area (Å²) in [4.78, 5) is 0. The van der Waals surface area contributed by atoms with E-state index in [2.05, 4.69) is 5.32 Å². The summed E-state index contributed by atoms with van der Waals surface area (Å²) < 4.78 is 6.47. The molecule has 0 bridgehead atoms. The van der Waals surface area contributed by atoms with Crippen LogP contribution in [0.2, 0.25) is 0 Å². The van der Waals surface area contributed by atoms with Gasteiger partial charge in [-0.25, -0.2) is 0 Å². The average Bonchev–Trinajstić information content (AvgIpc) is 1.94. The van der Waals surface area contributed by atoms with Crippen molar-refractivity contribution in [3.8, 4) is 0 Å². The van der Waals surface area contributed by atoms with Gasteiger partial charge in [0.1, 0.15) is 0 Å². The van der Waals surface area contributed by atoms with Crippen LogP contribution in [0.15, 0.2) is 0 Å². The van der Waals surface area contributed by atoms with Crippen molar-refractivity contribution < 1.29 is 55.2 Å². The van der Waals surface area contributed by atoms with Crippen molar-refractivity contribution in [2.24, 2.45) is 0 Å². The van der Waals surface area contributed by atoms with Crippen LogP contribution in [0, 0.1) is 31.1 Å². The van der Waals surface area contributed by atoms with E-state index in [1.165, 1.54) is 23.4 Å². The molecule has 1 saturated heterocycles. The van der Waals surface area contributed by atoms with Gasteiger partial charge < -0.3 is 0 Å². The van der Waals surface area contributed by atoms with Gasteiger partial charge in [-0.1, -0.05) is 0 Å². The molecule has 4 heteroatoms. The molecule has 1 aliphatic heterocycles. The fourth-order valence-electron chi connectivity index (χ4n) is 0.575. The van der Waals surface area contributed by atoms with Crippen LogP contribution >= 0.6 is 0 Å². The van der Waals surface area contributed by atoms with Crippen molar-refractivity contribution in [2.45, 2.75) is 6.42 Å². The van der Waals surface area contributed by atoms with Crippen LogP contribution in [-0.4, -0.2) is 23.8 Å². The van der Waals surface area contributed by atoms with Crippen LogP contribution in [0.25, 0.3) is 5.32 Å². The van der Waals surface area contributed by atoms with Gasteiger partial charge in [-0.3, -0.25) is 0 Å². The van der Waals surface area contributed by atoms with Crippen LogP contribution in [-0.2, 0) is 24.1 Å². The van der Waals surface area contributed by atoms with E-state index in [-0.39, 0.29) is 31.1 Å². The summed E-state index contributed by atoms with van der Waals surface area (Å²) in [5, 5.41) is 4.25. The number of hydrogen-bond acceptors (Lipinski definition) is 1. The summed E-state index contributed by atoms with van der Waals surface area (Å²) in [5.41, 5.74) is 0. The molecule has 0 aromatic carbocycles. The zero-order valence-electron chi connectivity index (χ0n) is 5.09. The number of hydrogen-bond donors (Lipinski definition) is 0. The van der Waals surface area contributed by atoms with Crippen molar-refractivity contribution in [1.29, 1.82) is 0 Å². The second-order valence-electron chi connectivity index (χ2n) is 1.64. The Kier molecular flexibility index (Phi) is 7.32. The molecular weight excluding hydrogens is 512 g/mol. The predicted octanol–water partition coefficient (Wildman–Crippen LogP) is 0.457. The topological polar surface area (TPSA) is 23.3 Å². The van der Waals surface area contributed by atoms with Gasteiger partial charge in [0.2, 0.25) is 0 Å². The summed E-state index contributed by atoms with van der Waals surface area (Å²) in [7, 11) is 0. The first-order valence-corrected chi connectivity index (χ1v) is 4.14. The Morgan fingerprint density at radius 1 is 1.44 bits per heavy atom. The quantitative estimate of drug-likeness (QED) is 0.456. The predicted molar refractivity (Wildman–Crippen MR) is 28.7 cm³/mol. The van der Waals surface area contributed by atoms with Gasteiger partial charge in [0, 0.05) is 31.1 Å². The molecule has 0 aromatic rings. The first-order valence-electron chi connectivity index (χ1n) is 2.67. The minimum atomic E-state index is 0. The van der Waals surface area contributed by atoms with Crippen LogP contribution in [0.3, 0.4) is 0 Å². The maximum absolute atomic E-state index is 5.16. The van der Waals surface area contributed by atoms with Gasteiger partial charge in [-0.2, -0.15) is 0 Å². The van der Waals surface area contributed by atoms with Crippen LogP contribution in [0.4, 0.5) is 0 Å². The number of rotatable bonds is 0. The molecule has 1 rings (SSSR count). The summed E-state index contributed by atoms with van der Waals surface area (Å²) in [6.07, 6.45) is 1.05. The van der Waals surface area contributed by atoms with Crippen LogP contribution in [0.1, 0.15) is 6.42 Å². The second-order valence-corrected chi connectivity index (χ2v) is 3.33. The molecular formula is C5H8NOUW-. The Labute approximate surface area is 89.9 Å². The Bertz CT molecular complexity index is 89.0. The van der Waals surface area contributed by atoms with Crippen molar-refractivity contribution in [3.05, 3.63) is 5.32 Å². The zero-order valence-corrected chi connectivity index (χ0v) is 12.2. The van der Waals surface area contributed by atoms with Crippen molar-refractivity contribution >= 4 is 4.02 Å². The molecule has 2 nitrogen and oxygen atoms in total. The average molecular weight is 520 g/mol. The van der Waals surface area contributed by atoms with E-state index in [0.29, 0.717) is 0 Å². The molecule has 50 valence electrons. The SMILES string of the molecule is [U].[W]=[C]1CCOCC[N-]1. The maximum atomic E-state index is 5.16. The zero-order chi connectivity index (χ0) is 5.82. The summed E-state index contributed by atoms with van der Waals surface area (Å²) in [6.45, 7) is 2.57. The minimum absolute atomic E-state index is 0. The third-order valence-corrected chi connectivity index (χ3v) is 2.18. The molecule has 0 N–H and O–H groups in total. The summed E-state index contributed by atoms with van der Waals surface area (Å²) >= 11 is 1.49. The van der Waals surface area contributed by atoms with E-state index < -0.39 is 0 Å². The molecule has 9 heavy (non-hydrogen) atoms. The Morgan fingerprint density at radius 2 is 2.22 bits per heavy atom. The van der Waals surface area contributed by atoms with Gasteiger partial charge >= 0.3 is 59.6 Å². The van der Waals surface area contributed by atoms with E-state index >= 15 is 0 Å². The fraction of sp³-hybridized carbons (Fsp3) is 0.800. The first-order chi connectivity index (χ1) is 3.89. The summed E-state index contributed by atoms with van der Waals surface area (Å²) in [5.74, 6) is 0. The Hall–Kier alpha value is 1.53. The molecule has 0 radical (unpaired) electrons. The van der Waals surface area contributed by atoms with Crippen LogP contribution in [0.5, 0.6) is 0 Å². The Morgan fingerprint density at radius 3 is 3.00 bits per heavy atom. The van der Waals surface area contributed by atoms with Gasteiger partial charge in [-0.05, 0) is 0 Å². The third-order valence-electron chi connectivity index (χ3n) is 0.984. The van der Waals surface area contributed by atoms with Gasteiger partial charge in [-0.15, -0.1) is 0 Å². The number of nitrogens with zero attached hydrogens (tertiary/aromatic N) is 1. The molecule has 1 heterocycles. The normalized spacial score (nSPS) is 20.2. The standard InChI is InChI=1S/C5H8NO.U.W/c1-2-6-3-5-7-4-1;;/h1,3-5H2;;/q-1;;. The molecule has 0 unspecified atom stereocenters. The van der Waals surface area contributed by atoms with Gasteiger partial charge in [0.05, 0.1) is 0 Å². The second kappa shape index (κ2) is 6.25. The molecule has 1 aliphatic rings. The van der Waals surface area contributed by atoms with E-state index in [1.54, 1.807) is 0 Å². The van der Waals surface area contributed by atoms with Crippen molar-refractivity contribution in [2.75, 3.05) is 19.8 Å². The van der Waals surface area contributed by atoms with Gasteiger partial charge in [0.25, 0.3) is 0 Å². The van der Waals surface area contributed by atoms with Crippen molar-refractivity contribution in [1.82, 2.24) is 0 Å². The van der Waals surface area contributed by atoms with Crippen LogP contribution < -0.4 is 0 Å². The van der Waals surface area contributed by atoms with Crippen molar-refractivity contribution in [3.63, 3.8) is 0 Å². The molecule has 0 aromatic heterocycles. The molecule has 0 atom stereocenters.